The smallest absolute Gasteiger partial charge is 0.136 e. The number of para-hydroxylation sites is 1. The van der Waals surface area contributed by atoms with Crippen LogP contribution in [0.2, 0.25) is 0 Å². The van der Waals surface area contributed by atoms with E-state index in [2.05, 4.69) is 192 Å². The first-order valence-corrected chi connectivity index (χ1v) is 21.9. The lowest BCUT2D eigenvalue weighted by Gasteiger charge is -2.32. The molecule has 6 heteroatoms. The van der Waals surface area contributed by atoms with Crippen molar-refractivity contribution in [2.45, 2.75) is 18.4 Å². The number of thiophene rings is 1. The van der Waals surface area contributed by atoms with Gasteiger partial charge in [-0.25, -0.2) is 4.99 Å². The molecular weight excluding hydrogens is 777 g/mol. The predicted octanol–water partition coefficient (Wildman–Crippen LogP) is 14.2. The summed E-state index contributed by atoms with van der Waals surface area (Å²) in [5, 5.41) is 13.7. The van der Waals surface area contributed by atoms with Crippen molar-refractivity contribution in [2.24, 2.45) is 4.99 Å². The molecule has 3 unspecified atom stereocenters. The van der Waals surface area contributed by atoms with Crippen LogP contribution in [0.4, 0.5) is 5.69 Å². The summed E-state index contributed by atoms with van der Waals surface area (Å²) in [6, 6.07) is 73.4. The Morgan fingerprint density at radius 2 is 1.10 bits per heavy atom. The number of fused-ring (bicyclic) bond motifs is 6. The highest BCUT2D eigenvalue weighted by Crippen LogP contribution is 2.56. The van der Waals surface area contributed by atoms with Crippen LogP contribution < -0.4 is 16.0 Å². The van der Waals surface area contributed by atoms with Crippen molar-refractivity contribution >= 4 is 44.8 Å². The number of nitrogens with one attached hydrogen (secondary N) is 3. The van der Waals surface area contributed by atoms with Gasteiger partial charge >= 0.3 is 0 Å². The molecule has 0 amide bonds. The lowest BCUT2D eigenvalue weighted by atomic mass is 9.83. The van der Waals surface area contributed by atoms with Crippen molar-refractivity contribution in [1.82, 2.24) is 10.6 Å². The highest BCUT2D eigenvalue weighted by molar-refractivity contribution is 7.19. The summed E-state index contributed by atoms with van der Waals surface area (Å²) >= 11 is 1.89. The van der Waals surface area contributed by atoms with Crippen LogP contribution in [0.5, 0.6) is 0 Å². The van der Waals surface area contributed by atoms with Gasteiger partial charge in [0.2, 0.25) is 0 Å². The molecule has 8 aromatic carbocycles. The fourth-order valence-electron chi connectivity index (χ4n) is 9.28. The Bertz CT molecular complexity index is 3270. The van der Waals surface area contributed by atoms with E-state index < -0.39 is 0 Å². The Labute approximate surface area is 364 Å². The van der Waals surface area contributed by atoms with Crippen molar-refractivity contribution in [3.05, 3.63) is 234 Å². The lowest BCUT2D eigenvalue weighted by Crippen LogP contribution is -2.45. The number of hydrogen-bond donors (Lipinski definition) is 3. The van der Waals surface area contributed by atoms with E-state index in [9.17, 15) is 0 Å². The van der Waals surface area contributed by atoms with Gasteiger partial charge in [-0.2, -0.15) is 0 Å². The molecule has 0 saturated carbocycles. The normalized spacial score (nSPS) is 16.8. The van der Waals surface area contributed by atoms with E-state index >= 15 is 0 Å². The average molecular weight is 817 g/mol. The van der Waals surface area contributed by atoms with Gasteiger partial charge in [0.1, 0.15) is 29.3 Å². The van der Waals surface area contributed by atoms with E-state index in [1.807, 2.05) is 41.7 Å². The van der Waals surface area contributed by atoms with Gasteiger partial charge in [0.25, 0.3) is 0 Å². The third-order valence-corrected chi connectivity index (χ3v) is 13.5. The number of hydrogen-bond acceptors (Lipinski definition) is 6. The van der Waals surface area contributed by atoms with Crippen LogP contribution in [-0.4, -0.2) is 5.84 Å². The Hall–Kier alpha value is -7.51. The minimum atomic E-state index is -0.252. The number of amidine groups is 1. The van der Waals surface area contributed by atoms with Crippen molar-refractivity contribution < 1.29 is 4.42 Å². The molecule has 2 aliphatic rings. The minimum Gasteiger partial charge on any atom is -0.456 e. The van der Waals surface area contributed by atoms with Gasteiger partial charge in [-0.05, 0) is 63.2 Å². The first-order chi connectivity index (χ1) is 30.7. The fourth-order valence-corrected chi connectivity index (χ4v) is 10.6. The Balaban J connectivity index is 0.940. The van der Waals surface area contributed by atoms with Crippen LogP contribution in [0.1, 0.15) is 46.2 Å². The number of benzene rings is 8. The van der Waals surface area contributed by atoms with Crippen LogP contribution in [0.25, 0.3) is 65.1 Å². The first kappa shape index (κ1) is 36.4. The molecule has 0 saturated heterocycles. The fraction of sp³-hybridized carbons (Fsp3) is 0.0536. The van der Waals surface area contributed by atoms with E-state index in [4.69, 9.17) is 9.41 Å². The molecule has 3 N–H and O–H groups in total. The number of aliphatic imine (C=N–C) groups is 1. The topological polar surface area (TPSA) is 61.6 Å². The highest BCUT2D eigenvalue weighted by Gasteiger charge is 2.34. The SMILES string of the molecule is c1ccc(-c2sc(-c3ccccc3)c3c2-c2cc(-c4ccc(C5NC(c6cccc7oc8ccccc8c67)=NC(c6ccccc6)N5)cc4)ccc2NC3c2ccccc2)cc1. The van der Waals surface area contributed by atoms with Gasteiger partial charge < -0.3 is 15.1 Å². The maximum Gasteiger partial charge on any atom is 0.136 e. The summed E-state index contributed by atoms with van der Waals surface area (Å²) < 4.78 is 6.29. The number of nitrogens with zero attached hydrogens (tertiary/aromatic N) is 1. The maximum absolute atomic E-state index is 6.29. The number of anilines is 1. The Kier molecular flexibility index (Phi) is 8.91. The monoisotopic (exact) mass is 816 g/mol. The summed E-state index contributed by atoms with van der Waals surface area (Å²) in [6.07, 6.45) is -0.450. The van der Waals surface area contributed by atoms with Crippen LogP contribution in [0, 0.1) is 0 Å². The van der Waals surface area contributed by atoms with Crippen molar-refractivity contribution in [3.63, 3.8) is 0 Å². The zero-order valence-electron chi connectivity index (χ0n) is 33.6. The molecule has 0 aliphatic carbocycles. The van der Waals surface area contributed by atoms with Gasteiger partial charge in [-0.1, -0.05) is 182 Å². The molecule has 3 atom stereocenters. The molecular formula is C56H40N4OS. The Morgan fingerprint density at radius 1 is 0.468 bits per heavy atom. The molecule has 2 aliphatic heterocycles. The molecule has 62 heavy (non-hydrogen) atoms. The molecule has 4 heterocycles. The second kappa shape index (κ2) is 15.2. The molecule has 296 valence electrons. The lowest BCUT2D eigenvalue weighted by molar-refractivity contribution is 0.409. The quantitative estimate of drug-likeness (QED) is 0.150. The van der Waals surface area contributed by atoms with Crippen LogP contribution in [-0.2, 0) is 0 Å². The summed E-state index contributed by atoms with van der Waals surface area (Å²) in [5.41, 5.74) is 16.0. The third kappa shape index (κ3) is 6.31. The first-order valence-electron chi connectivity index (χ1n) is 21.1. The molecule has 5 nitrogen and oxygen atoms in total. The minimum absolute atomic E-state index is 0.00407. The van der Waals surface area contributed by atoms with E-state index in [1.165, 1.54) is 48.7 Å². The molecule has 0 bridgehead atoms. The zero-order chi connectivity index (χ0) is 41.0. The van der Waals surface area contributed by atoms with Crippen molar-refractivity contribution in [1.29, 1.82) is 0 Å². The third-order valence-electron chi connectivity index (χ3n) is 12.2. The van der Waals surface area contributed by atoms with Gasteiger partial charge in [-0.3, -0.25) is 5.32 Å². The van der Waals surface area contributed by atoms with Crippen molar-refractivity contribution in [2.75, 3.05) is 5.32 Å². The summed E-state index contributed by atoms with van der Waals surface area (Å²) in [5.74, 6) is 0.829. The van der Waals surface area contributed by atoms with Gasteiger partial charge in [-0.15, -0.1) is 11.3 Å². The van der Waals surface area contributed by atoms with E-state index in [1.54, 1.807) is 0 Å². The second-order valence-electron chi connectivity index (χ2n) is 16.0. The Morgan fingerprint density at radius 3 is 1.84 bits per heavy atom. The second-order valence-corrected chi connectivity index (χ2v) is 17.0. The largest absolute Gasteiger partial charge is 0.456 e. The molecule has 0 fully saturated rings. The standard InChI is InChI=1S/C56H40N4OS/c1-5-16-36(17-6-1)51-50-49(52(37-18-7-2-8-19-37)62-53(50)38-20-9-3-10-21-38)44-34-41(32-33-45(44)57-51)35-28-30-40(31-29-35)55-58-54(39-22-11-4-12-23-39)59-56(60-55)43-25-15-27-47-48(43)42-24-13-14-26-46(42)61-47/h1-34,51,54-55,57-58H,(H,59,60). The molecule has 2 aromatic heterocycles. The van der Waals surface area contributed by atoms with Crippen LogP contribution in [0.15, 0.2) is 216 Å². The molecule has 0 spiro atoms. The van der Waals surface area contributed by atoms with E-state index in [0.717, 1.165) is 55.7 Å². The summed E-state index contributed by atoms with van der Waals surface area (Å²) in [4.78, 5) is 7.86. The molecule has 10 aromatic rings. The average Bonchev–Trinajstić information content (AvgIpc) is 3.95. The number of rotatable bonds is 7. The highest BCUT2D eigenvalue weighted by atomic mass is 32.1. The van der Waals surface area contributed by atoms with Gasteiger partial charge in [0, 0.05) is 48.5 Å². The summed E-state index contributed by atoms with van der Waals surface area (Å²) in [7, 11) is 0. The maximum atomic E-state index is 6.29. The summed E-state index contributed by atoms with van der Waals surface area (Å²) in [6.45, 7) is 0. The van der Waals surface area contributed by atoms with Gasteiger partial charge in [0.15, 0.2) is 0 Å². The molecule has 12 rings (SSSR count). The number of furan rings is 1. The van der Waals surface area contributed by atoms with Crippen LogP contribution >= 0.6 is 11.3 Å². The van der Waals surface area contributed by atoms with Crippen molar-refractivity contribution in [3.8, 4) is 43.1 Å². The zero-order valence-corrected chi connectivity index (χ0v) is 34.4. The van der Waals surface area contributed by atoms with E-state index in [0.29, 0.717) is 0 Å². The molecule has 0 radical (unpaired) electrons. The van der Waals surface area contributed by atoms with Crippen LogP contribution in [0.3, 0.4) is 0 Å². The van der Waals surface area contributed by atoms with E-state index in [-0.39, 0.29) is 18.4 Å². The predicted molar refractivity (Wildman–Crippen MR) is 256 cm³/mol. The van der Waals surface area contributed by atoms with Gasteiger partial charge in [0.05, 0.1) is 6.04 Å².